The van der Waals surface area contributed by atoms with Crippen LogP contribution in [0, 0.1) is 6.92 Å². The quantitative estimate of drug-likeness (QED) is 0.786. The van der Waals surface area contributed by atoms with Crippen molar-refractivity contribution in [1.29, 1.82) is 0 Å². The molecule has 1 aromatic carbocycles. The van der Waals surface area contributed by atoms with Gasteiger partial charge in [0.25, 0.3) is 5.91 Å². The molecule has 0 unspecified atom stereocenters. The Bertz CT molecular complexity index is 803. The van der Waals surface area contributed by atoms with Crippen molar-refractivity contribution in [3.63, 3.8) is 0 Å². The van der Waals surface area contributed by atoms with Gasteiger partial charge in [-0.1, -0.05) is 12.1 Å². The first kappa shape index (κ1) is 14.9. The minimum absolute atomic E-state index is 0.281. The van der Waals surface area contributed by atoms with Crippen LogP contribution in [0.15, 0.2) is 53.4 Å². The number of amides is 1. The Morgan fingerprint density at radius 2 is 2.09 bits per heavy atom. The van der Waals surface area contributed by atoms with Gasteiger partial charge in [-0.15, -0.1) is 0 Å². The zero-order valence-corrected chi connectivity index (χ0v) is 12.9. The van der Waals surface area contributed by atoms with Crippen molar-refractivity contribution >= 4 is 11.6 Å². The van der Waals surface area contributed by atoms with Gasteiger partial charge in [0, 0.05) is 11.8 Å². The number of methoxy groups -OCH3 is 1. The number of nitrogens with one attached hydrogen (secondary N) is 1. The smallest absolute Gasteiger partial charge is 0.291 e. The van der Waals surface area contributed by atoms with Gasteiger partial charge >= 0.3 is 0 Å². The highest BCUT2D eigenvalue weighted by Gasteiger charge is 2.13. The lowest BCUT2D eigenvalue weighted by molar-refractivity contribution is 0.0996. The number of aryl methyl sites for hydroxylation is 1. The molecule has 2 aromatic heterocycles. The molecule has 6 heteroatoms. The summed E-state index contributed by atoms with van der Waals surface area (Å²) in [7, 11) is 1.64. The zero-order valence-electron chi connectivity index (χ0n) is 12.9. The van der Waals surface area contributed by atoms with Gasteiger partial charge in [-0.05, 0) is 30.7 Å². The van der Waals surface area contributed by atoms with Crippen molar-refractivity contribution in [3.8, 4) is 5.75 Å². The Balaban J connectivity index is 1.65. The molecule has 1 amide bonds. The van der Waals surface area contributed by atoms with E-state index in [9.17, 15) is 4.79 Å². The Labute approximate surface area is 133 Å². The van der Waals surface area contributed by atoms with Gasteiger partial charge in [-0.2, -0.15) is 5.10 Å². The maximum atomic E-state index is 12.1. The summed E-state index contributed by atoms with van der Waals surface area (Å²) in [5, 5.41) is 7.02. The molecule has 6 nitrogen and oxygen atoms in total. The Morgan fingerprint density at radius 1 is 1.30 bits per heavy atom. The molecule has 1 N–H and O–H groups in total. The van der Waals surface area contributed by atoms with Gasteiger partial charge < -0.3 is 14.5 Å². The van der Waals surface area contributed by atoms with Crippen LogP contribution in [0.3, 0.4) is 0 Å². The summed E-state index contributed by atoms with van der Waals surface area (Å²) in [5.41, 5.74) is 2.51. The molecular formula is C17H17N3O3. The first-order chi connectivity index (χ1) is 11.2. The highest BCUT2D eigenvalue weighted by atomic mass is 16.5. The molecule has 0 aliphatic heterocycles. The largest absolute Gasteiger partial charge is 0.497 e. The number of ether oxygens (including phenoxy) is 1. The number of hydrogen-bond donors (Lipinski definition) is 1. The normalized spacial score (nSPS) is 10.5. The van der Waals surface area contributed by atoms with E-state index in [1.54, 1.807) is 30.3 Å². The predicted molar refractivity (Wildman–Crippen MR) is 85.7 cm³/mol. The van der Waals surface area contributed by atoms with Crippen molar-refractivity contribution in [2.24, 2.45) is 0 Å². The topological polar surface area (TPSA) is 69.3 Å². The Kier molecular flexibility index (Phi) is 4.14. The first-order valence-electron chi connectivity index (χ1n) is 7.16. The summed E-state index contributed by atoms with van der Waals surface area (Å²) in [4.78, 5) is 12.1. The fourth-order valence-electron chi connectivity index (χ4n) is 2.23. The number of anilines is 1. The molecule has 2 heterocycles. The van der Waals surface area contributed by atoms with Crippen LogP contribution in [0.4, 0.5) is 5.69 Å². The Morgan fingerprint density at radius 3 is 2.74 bits per heavy atom. The number of aromatic nitrogens is 2. The standard InChI is InChI=1S/C17H17N3O3/c1-12-7-8-23-16(12)17(21)19-14-9-18-20(11-14)10-13-3-5-15(22-2)6-4-13/h3-9,11H,10H2,1-2H3,(H,19,21). The first-order valence-corrected chi connectivity index (χ1v) is 7.16. The predicted octanol–water partition coefficient (Wildman–Crippen LogP) is 3.09. The van der Waals surface area contributed by atoms with Gasteiger partial charge in [-0.3, -0.25) is 9.48 Å². The van der Waals surface area contributed by atoms with Crippen LogP contribution in [-0.4, -0.2) is 22.8 Å². The molecule has 0 fully saturated rings. The van der Waals surface area contributed by atoms with E-state index in [2.05, 4.69) is 10.4 Å². The van der Waals surface area contributed by atoms with Gasteiger partial charge in [0.15, 0.2) is 5.76 Å². The third kappa shape index (κ3) is 3.42. The van der Waals surface area contributed by atoms with Crippen LogP contribution in [0.5, 0.6) is 5.75 Å². The zero-order chi connectivity index (χ0) is 16.2. The summed E-state index contributed by atoms with van der Waals surface area (Å²) in [6.07, 6.45) is 4.89. The molecule has 0 spiro atoms. The van der Waals surface area contributed by atoms with E-state index in [1.165, 1.54) is 6.26 Å². The molecule has 0 saturated carbocycles. The lowest BCUT2D eigenvalue weighted by Gasteiger charge is -2.04. The van der Waals surface area contributed by atoms with E-state index in [0.717, 1.165) is 16.9 Å². The number of furan rings is 1. The van der Waals surface area contributed by atoms with Crippen LogP contribution in [0.2, 0.25) is 0 Å². The van der Waals surface area contributed by atoms with Crippen LogP contribution >= 0.6 is 0 Å². The van der Waals surface area contributed by atoms with E-state index in [-0.39, 0.29) is 5.91 Å². The third-order valence-corrected chi connectivity index (χ3v) is 3.46. The third-order valence-electron chi connectivity index (χ3n) is 3.46. The van der Waals surface area contributed by atoms with Gasteiger partial charge in [0.2, 0.25) is 0 Å². The Hall–Kier alpha value is -3.02. The van der Waals surface area contributed by atoms with Gasteiger partial charge in [-0.25, -0.2) is 0 Å². The van der Waals surface area contributed by atoms with Gasteiger partial charge in [0.05, 0.1) is 31.8 Å². The lowest BCUT2D eigenvalue weighted by atomic mass is 10.2. The molecule has 3 aromatic rings. The SMILES string of the molecule is COc1ccc(Cn2cc(NC(=O)c3occc3C)cn2)cc1. The second-order valence-electron chi connectivity index (χ2n) is 5.16. The maximum absolute atomic E-state index is 12.1. The van der Waals surface area contributed by atoms with Crippen LogP contribution in [-0.2, 0) is 6.54 Å². The molecule has 0 radical (unpaired) electrons. The number of benzene rings is 1. The van der Waals surface area contributed by atoms with Gasteiger partial charge in [0.1, 0.15) is 5.75 Å². The molecule has 0 saturated heterocycles. The fourth-order valence-corrected chi connectivity index (χ4v) is 2.23. The van der Waals surface area contributed by atoms with Crippen LogP contribution in [0.25, 0.3) is 0 Å². The van der Waals surface area contributed by atoms with Crippen molar-refractivity contribution in [2.45, 2.75) is 13.5 Å². The minimum Gasteiger partial charge on any atom is -0.497 e. The molecular weight excluding hydrogens is 294 g/mol. The number of carbonyl (C=O) groups excluding carboxylic acids is 1. The number of hydrogen-bond acceptors (Lipinski definition) is 4. The average molecular weight is 311 g/mol. The number of carbonyl (C=O) groups is 1. The summed E-state index contributed by atoms with van der Waals surface area (Å²) >= 11 is 0. The summed E-state index contributed by atoms with van der Waals surface area (Å²) in [6, 6.07) is 9.51. The van der Waals surface area contributed by atoms with E-state index in [4.69, 9.17) is 9.15 Å². The van der Waals surface area contributed by atoms with Crippen molar-refractivity contribution < 1.29 is 13.9 Å². The second kappa shape index (κ2) is 6.39. The number of nitrogens with zero attached hydrogens (tertiary/aromatic N) is 2. The van der Waals surface area contributed by atoms with Crippen LogP contribution in [0.1, 0.15) is 21.7 Å². The summed E-state index contributed by atoms with van der Waals surface area (Å²) in [6.45, 7) is 2.44. The summed E-state index contributed by atoms with van der Waals surface area (Å²) < 4.78 is 12.1. The fraction of sp³-hybridized carbons (Fsp3) is 0.176. The minimum atomic E-state index is -0.281. The van der Waals surface area contributed by atoms with Crippen molar-refractivity contribution in [1.82, 2.24) is 9.78 Å². The molecule has 0 bridgehead atoms. The van der Waals surface area contributed by atoms with E-state index < -0.39 is 0 Å². The van der Waals surface area contributed by atoms with Crippen molar-refractivity contribution in [2.75, 3.05) is 12.4 Å². The highest BCUT2D eigenvalue weighted by molar-refractivity contribution is 6.03. The van der Waals surface area contributed by atoms with E-state index >= 15 is 0 Å². The molecule has 23 heavy (non-hydrogen) atoms. The second-order valence-corrected chi connectivity index (χ2v) is 5.16. The van der Waals surface area contributed by atoms with E-state index in [0.29, 0.717) is 18.0 Å². The average Bonchev–Trinajstić information content (AvgIpc) is 3.17. The molecule has 3 rings (SSSR count). The van der Waals surface area contributed by atoms with E-state index in [1.807, 2.05) is 31.2 Å². The monoisotopic (exact) mass is 311 g/mol. The highest BCUT2D eigenvalue weighted by Crippen LogP contribution is 2.15. The molecule has 118 valence electrons. The lowest BCUT2D eigenvalue weighted by Crippen LogP contribution is -2.11. The molecule has 0 atom stereocenters. The molecule has 0 aliphatic rings. The maximum Gasteiger partial charge on any atom is 0.291 e. The van der Waals surface area contributed by atoms with Crippen LogP contribution < -0.4 is 10.1 Å². The number of rotatable bonds is 5. The van der Waals surface area contributed by atoms with Crippen molar-refractivity contribution in [3.05, 3.63) is 65.9 Å². The summed E-state index contributed by atoms with van der Waals surface area (Å²) in [5.74, 6) is 0.848. The molecule has 0 aliphatic carbocycles.